The first kappa shape index (κ1) is 38.4. The molecule has 1 heterocycles. The SMILES string of the molecule is Cc1ccc(S(=O)(=O)N(C)C[C@H]2OCCCC[C@@H](C)Oc3ccc(NC(=O)CCCN(C)C)cc3C(=O)N([C@@H](C)CO)C[C@@H]2C)cc1. The van der Waals surface area contributed by atoms with Gasteiger partial charge in [0, 0.05) is 44.8 Å². The molecule has 11 nitrogen and oxygen atoms in total. The Hall–Kier alpha value is -3.03. The number of fused-ring (bicyclic) bond motifs is 1. The number of hydrogen-bond donors (Lipinski definition) is 2. The van der Waals surface area contributed by atoms with E-state index in [1.807, 2.05) is 39.8 Å². The number of sulfonamides is 1. The molecule has 2 N–H and O–H groups in total. The lowest BCUT2D eigenvalue weighted by molar-refractivity contribution is -0.116. The van der Waals surface area contributed by atoms with Crippen molar-refractivity contribution in [3.8, 4) is 5.75 Å². The van der Waals surface area contributed by atoms with Crippen molar-refractivity contribution in [1.82, 2.24) is 14.1 Å². The van der Waals surface area contributed by atoms with Crippen molar-refractivity contribution in [2.75, 3.05) is 59.3 Å². The van der Waals surface area contributed by atoms with Crippen LogP contribution in [0, 0.1) is 12.8 Å². The monoisotopic (exact) mass is 674 g/mol. The molecule has 2 amide bonds. The Bertz CT molecular complexity index is 1420. The van der Waals surface area contributed by atoms with Gasteiger partial charge < -0.3 is 29.7 Å². The molecule has 3 rings (SSSR count). The van der Waals surface area contributed by atoms with Crippen LogP contribution in [0.15, 0.2) is 47.4 Å². The minimum absolute atomic E-state index is 0.0903. The van der Waals surface area contributed by atoms with Crippen molar-refractivity contribution in [1.29, 1.82) is 0 Å². The minimum atomic E-state index is -3.78. The van der Waals surface area contributed by atoms with E-state index in [1.165, 1.54) is 4.31 Å². The predicted molar refractivity (Wildman–Crippen MR) is 184 cm³/mol. The fraction of sp³-hybridized carbons (Fsp3) is 0.600. The second kappa shape index (κ2) is 17.9. The molecular formula is C35H54N4O7S. The predicted octanol–water partition coefficient (Wildman–Crippen LogP) is 4.39. The Morgan fingerprint density at radius 1 is 1.11 bits per heavy atom. The number of aliphatic hydroxyl groups is 1. The minimum Gasteiger partial charge on any atom is -0.490 e. The molecule has 0 aliphatic carbocycles. The fourth-order valence-electron chi connectivity index (χ4n) is 5.48. The Balaban J connectivity index is 1.92. The summed E-state index contributed by atoms with van der Waals surface area (Å²) in [6.07, 6.45) is 2.63. The van der Waals surface area contributed by atoms with Crippen LogP contribution >= 0.6 is 0 Å². The summed E-state index contributed by atoms with van der Waals surface area (Å²) in [5.41, 5.74) is 1.73. The van der Waals surface area contributed by atoms with E-state index in [4.69, 9.17) is 9.47 Å². The zero-order valence-electron chi connectivity index (χ0n) is 29.1. The first-order chi connectivity index (χ1) is 22.2. The van der Waals surface area contributed by atoms with Crippen molar-refractivity contribution in [3.05, 3.63) is 53.6 Å². The Morgan fingerprint density at radius 2 is 1.81 bits per heavy atom. The number of hydrogen-bond acceptors (Lipinski definition) is 8. The highest BCUT2D eigenvalue weighted by atomic mass is 32.2. The number of aliphatic hydroxyl groups excluding tert-OH is 1. The third-order valence-electron chi connectivity index (χ3n) is 8.51. The van der Waals surface area contributed by atoms with E-state index in [0.29, 0.717) is 30.9 Å². The number of rotatable bonds is 11. The van der Waals surface area contributed by atoms with Crippen molar-refractivity contribution >= 4 is 27.5 Å². The maximum absolute atomic E-state index is 14.3. The lowest BCUT2D eigenvalue weighted by atomic mass is 10.0. The fourth-order valence-corrected chi connectivity index (χ4v) is 6.67. The van der Waals surface area contributed by atoms with Crippen molar-refractivity contribution in [2.45, 2.75) is 82.9 Å². The lowest BCUT2D eigenvalue weighted by Crippen LogP contribution is -2.48. The highest BCUT2D eigenvalue weighted by Gasteiger charge is 2.32. The summed E-state index contributed by atoms with van der Waals surface area (Å²) in [6, 6.07) is 11.3. The van der Waals surface area contributed by atoms with Crippen molar-refractivity contribution < 1.29 is 32.6 Å². The number of anilines is 1. The van der Waals surface area contributed by atoms with Gasteiger partial charge in [0.15, 0.2) is 0 Å². The second-order valence-electron chi connectivity index (χ2n) is 13.1. The molecule has 12 heteroatoms. The van der Waals surface area contributed by atoms with Crippen LogP contribution in [0.3, 0.4) is 0 Å². The Labute approximate surface area is 281 Å². The van der Waals surface area contributed by atoms with Gasteiger partial charge in [-0.15, -0.1) is 0 Å². The quantitative estimate of drug-likeness (QED) is 0.359. The molecule has 0 saturated heterocycles. The number of aryl methyl sites for hydroxylation is 1. The highest BCUT2D eigenvalue weighted by Crippen LogP contribution is 2.29. The van der Waals surface area contributed by atoms with E-state index in [9.17, 15) is 23.1 Å². The van der Waals surface area contributed by atoms with Crippen molar-refractivity contribution in [3.63, 3.8) is 0 Å². The molecular weight excluding hydrogens is 620 g/mol. The van der Waals surface area contributed by atoms with Gasteiger partial charge in [-0.3, -0.25) is 9.59 Å². The van der Waals surface area contributed by atoms with Crippen LogP contribution in [-0.4, -0.2) is 112 Å². The summed E-state index contributed by atoms with van der Waals surface area (Å²) in [7, 11) is 1.68. The van der Waals surface area contributed by atoms with Gasteiger partial charge in [0.2, 0.25) is 15.9 Å². The van der Waals surface area contributed by atoms with Crippen LogP contribution in [0.4, 0.5) is 5.69 Å². The molecule has 2 aromatic rings. The van der Waals surface area contributed by atoms with E-state index in [-0.39, 0.29) is 54.0 Å². The summed E-state index contributed by atoms with van der Waals surface area (Å²) in [5.74, 6) is -0.395. The van der Waals surface area contributed by atoms with Gasteiger partial charge >= 0.3 is 0 Å². The van der Waals surface area contributed by atoms with E-state index >= 15 is 0 Å². The molecule has 4 atom stereocenters. The Morgan fingerprint density at radius 3 is 2.47 bits per heavy atom. The van der Waals surface area contributed by atoms with E-state index in [0.717, 1.165) is 31.4 Å². The standard InChI is InChI=1S/C35H54N4O7S/c1-25-13-16-30(17-14-25)47(43,44)38(7)23-33-26(2)22-39(27(3)24-40)35(42)31-21-29(36-34(41)12-10-19-37(5)6)15-18-32(31)46-28(4)11-8-9-20-45-33/h13-18,21,26-28,33,40H,8-12,19-20,22-24H2,1-7H3,(H,36,41)/t26-,27-,28+,33+/m0/s1. The van der Waals surface area contributed by atoms with Crippen LogP contribution in [0.2, 0.25) is 0 Å². The molecule has 1 aliphatic heterocycles. The van der Waals surface area contributed by atoms with Gasteiger partial charge in [-0.2, -0.15) is 4.31 Å². The molecule has 262 valence electrons. The third-order valence-corrected chi connectivity index (χ3v) is 10.3. The molecule has 0 saturated carbocycles. The molecule has 2 aromatic carbocycles. The molecule has 0 unspecified atom stereocenters. The molecule has 0 radical (unpaired) electrons. The summed E-state index contributed by atoms with van der Waals surface area (Å²) in [5, 5.41) is 13.1. The zero-order valence-corrected chi connectivity index (χ0v) is 29.9. The Kier molecular flexibility index (Phi) is 14.7. The van der Waals surface area contributed by atoms with Gasteiger partial charge in [-0.1, -0.05) is 24.6 Å². The first-order valence-electron chi connectivity index (χ1n) is 16.5. The number of ether oxygens (including phenoxy) is 2. The van der Waals surface area contributed by atoms with E-state index in [1.54, 1.807) is 61.3 Å². The van der Waals surface area contributed by atoms with Gasteiger partial charge in [0.25, 0.3) is 5.91 Å². The van der Waals surface area contributed by atoms with Gasteiger partial charge in [-0.05, 0) is 97.4 Å². The van der Waals surface area contributed by atoms with Crippen LogP contribution < -0.4 is 10.1 Å². The lowest BCUT2D eigenvalue weighted by Gasteiger charge is -2.35. The molecule has 0 fully saturated rings. The second-order valence-corrected chi connectivity index (χ2v) is 15.1. The highest BCUT2D eigenvalue weighted by molar-refractivity contribution is 7.89. The number of benzene rings is 2. The molecule has 1 aliphatic rings. The van der Waals surface area contributed by atoms with Crippen LogP contribution in [0.25, 0.3) is 0 Å². The van der Waals surface area contributed by atoms with Crippen LogP contribution in [-0.2, 0) is 19.6 Å². The average Bonchev–Trinajstić information content (AvgIpc) is 3.02. The molecule has 0 aromatic heterocycles. The van der Waals surface area contributed by atoms with Gasteiger partial charge in [0.05, 0.1) is 35.3 Å². The number of nitrogens with zero attached hydrogens (tertiary/aromatic N) is 3. The van der Waals surface area contributed by atoms with Crippen molar-refractivity contribution in [2.24, 2.45) is 5.92 Å². The van der Waals surface area contributed by atoms with E-state index < -0.39 is 22.2 Å². The maximum atomic E-state index is 14.3. The van der Waals surface area contributed by atoms with Crippen LogP contribution in [0.5, 0.6) is 5.75 Å². The number of carbonyl (C=O) groups is 2. The number of amides is 2. The van der Waals surface area contributed by atoms with E-state index in [2.05, 4.69) is 5.32 Å². The molecule has 47 heavy (non-hydrogen) atoms. The smallest absolute Gasteiger partial charge is 0.258 e. The molecule has 0 bridgehead atoms. The number of carbonyl (C=O) groups excluding carboxylic acids is 2. The molecule has 0 spiro atoms. The summed E-state index contributed by atoms with van der Waals surface area (Å²) >= 11 is 0. The summed E-state index contributed by atoms with van der Waals surface area (Å²) < 4.78 is 40.8. The average molecular weight is 675 g/mol. The zero-order chi connectivity index (χ0) is 34.7. The van der Waals surface area contributed by atoms with Gasteiger partial charge in [-0.25, -0.2) is 8.42 Å². The van der Waals surface area contributed by atoms with Crippen LogP contribution in [0.1, 0.15) is 68.8 Å². The topological polar surface area (TPSA) is 129 Å². The third kappa shape index (κ3) is 11.3. The summed E-state index contributed by atoms with van der Waals surface area (Å²) in [6.45, 7) is 8.76. The first-order valence-corrected chi connectivity index (χ1v) is 18.0. The normalized spacial score (nSPS) is 20.8. The number of likely N-dealkylation sites (N-methyl/N-ethyl adjacent to an activating group) is 1. The summed E-state index contributed by atoms with van der Waals surface area (Å²) in [4.78, 5) is 30.8. The van der Waals surface area contributed by atoms with Gasteiger partial charge in [0.1, 0.15) is 5.75 Å². The maximum Gasteiger partial charge on any atom is 0.258 e. The largest absolute Gasteiger partial charge is 0.490 e. The number of nitrogens with one attached hydrogen (secondary N) is 1.